The number of halogens is 1. The van der Waals surface area contributed by atoms with Crippen LogP contribution >= 0.6 is 0 Å². The first-order valence-electron chi connectivity index (χ1n) is 8.82. The number of fused-ring (bicyclic) bond motifs is 1. The molecule has 1 aliphatic rings. The van der Waals surface area contributed by atoms with Gasteiger partial charge < -0.3 is 19.9 Å². The number of hydrogen-bond donors (Lipinski definition) is 2. The monoisotopic (exact) mass is 374 g/mol. The predicted octanol–water partition coefficient (Wildman–Crippen LogP) is 2.89. The Balaban J connectivity index is 1.71. The normalized spacial score (nSPS) is 16.4. The van der Waals surface area contributed by atoms with Gasteiger partial charge in [-0.05, 0) is 44.9 Å². The lowest BCUT2D eigenvalue weighted by Gasteiger charge is -2.27. The molecule has 2 N–H and O–H groups in total. The van der Waals surface area contributed by atoms with Crippen molar-refractivity contribution in [2.75, 3.05) is 13.1 Å². The molecule has 0 aliphatic carbocycles. The van der Waals surface area contributed by atoms with Crippen molar-refractivity contribution < 1.29 is 18.7 Å². The van der Waals surface area contributed by atoms with Crippen molar-refractivity contribution in [3.05, 3.63) is 42.2 Å². The summed E-state index contributed by atoms with van der Waals surface area (Å²) in [6.07, 6.45) is 3.37. The van der Waals surface area contributed by atoms with Gasteiger partial charge in [-0.25, -0.2) is 9.78 Å². The summed E-state index contributed by atoms with van der Waals surface area (Å²) in [5.41, 5.74) is 1.36. The summed E-state index contributed by atoms with van der Waals surface area (Å²) < 4.78 is 20.5. The van der Waals surface area contributed by atoms with E-state index >= 15 is 0 Å². The lowest BCUT2D eigenvalue weighted by Crippen LogP contribution is -2.40. The fraction of sp³-hybridized carbons (Fsp3) is 0.421. The molecule has 0 fully saturated rings. The third-order valence-electron chi connectivity index (χ3n) is 4.18. The number of carbonyl (C=O) groups excluding carboxylic acids is 2. The van der Waals surface area contributed by atoms with E-state index in [2.05, 4.69) is 15.6 Å². The van der Waals surface area contributed by atoms with Gasteiger partial charge in [0.25, 0.3) is 5.91 Å². The molecule has 1 aliphatic heterocycles. The first-order valence-corrected chi connectivity index (χ1v) is 8.82. The number of rotatable bonds is 4. The van der Waals surface area contributed by atoms with Crippen molar-refractivity contribution in [1.29, 1.82) is 0 Å². The second kappa shape index (κ2) is 7.38. The van der Waals surface area contributed by atoms with Gasteiger partial charge in [-0.3, -0.25) is 4.79 Å². The van der Waals surface area contributed by atoms with Gasteiger partial charge in [0.05, 0.1) is 6.04 Å². The molecule has 1 atom stereocenters. The van der Waals surface area contributed by atoms with E-state index in [0.29, 0.717) is 30.8 Å². The fourth-order valence-corrected chi connectivity index (χ4v) is 3.00. The lowest BCUT2D eigenvalue weighted by atomic mass is 10.1. The van der Waals surface area contributed by atoms with Gasteiger partial charge in [0.2, 0.25) is 5.95 Å². The van der Waals surface area contributed by atoms with E-state index in [0.717, 1.165) is 5.56 Å². The van der Waals surface area contributed by atoms with Crippen LogP contribution in [0.15, 0.2) is 30.6 Å². The van der Waals surface area contributed by atoms with Crippen LogP contribution in [0.1, 0.15) is 43.7 Å². The average Bonchev–Trinajstić information content (AvgIpc) is 3.02. The Morgan fingerprint density at radius 2 is 2.19 bits per heavy atom. The van der Waals surface area contributed by atoms with Gasteiger partial charge in [0.15, 0.2) is 0 Å². The third-order valence-corrected chi connectivity index (χ3v) is 4.18. The maximum Gasteiger partial charge on any atom is 0.407 e. The van der Waals surface area contributed by atoms with Crippen LogP contribution in [0.5, 0.6) is 0 Å². The van der Waals surface area contributed by atoms with Crippen molar-refractivity contribution in [2.45, 2.75) is 38.8 Å². The van der Waals surface area contributed by atoms with Crippen molar-refractivity contribution >= 4 is 12.0 Å². The second-order valence-corrected chi connectivity index (χ2v) is 7.47. The molecule has 3 heterocycles. The van der Waals surface area contributed by atoms with Crippen molar-refractivity contribution in [3.63, 3.8) is 0 Å². The highest BCUT2D eigenvalue weighted by Crippen LogP contribution is 2.28. The molecule has 7 nitrogen and oxygen atoms in total. The Hall–Kier alpha value is -2.90. The van der Waals surface area contributed by atoms with Crippen LogP contribution in [0.25, 0.3) is 11.1 Å². The Morgan fingerprint density at radius 1 is 1.41 bits per heavy atom. The molecule has 0 saturated carbocycles. The first kappa shape index (κ1) is 18.9. The quantitative estimate of drug-likeness (QED) is 0.806. The molecular formula is C19H23FN4O3. The lowest BCUT2D eigenvalue weighted by molar-refractivity contribution is 0.0523. The smallest absolute Gasteiger partial charge is 0.407 e. The predicted molar refractivity (Wildman–Crippen MR) is 97.8 cm³/mol. The highest BCUT2D eigenvalue weighted by molar-refractivity contribution is 5.95. The standard InChI is InChI=1S/C19H23FN4O3/c1-19(2,3)27-18(26)22-7-5-14-10-23-17(25)15-8-13(11-24(14)15)12-4-6-21-16(20)9-12/h4,6,8-9,11,14H,5,7,10H2,1-3H3,(H,22,26)(H,23,25). The molecule has 8 heteroatoms. The molecule has 0 spiro atoms. The van der Waals surface area contributed by atoms with Crippen LogP contribution in [-0.2, 0) is 4.74 Å². The number of ether oxygens (including phenoxy) is 1. The van der Waals surface area contributed by atoms with Gasteiger partial charge in [0.1, 0.15) is 11.3 Å². The van der Waals surface area contributed by atoms with E-state index in [9.17, 15) is 14.0 Å². The number of pyridine rings is 1. The minimum absolute atomic E-state index is 0.0203. The van der Waals surface area contributed by atoms with Crippen LogP contribution in [0.3, 0.4) is 0 Å². The van der Waals surface area contributed by atoms with Crippen LogP contribution in [0.4, 0.5) is 9.18 Å². The summed E-state index contributed by atoms with van der Waals surface area (Å²) >= 11 is 0. The topological polar surface area (TPSA) is 85.2 Å². The molecule has 27 heavy (non-hydrogen) atoms. The largest absolute Gasteiger partial charge is 0.444 e. The van der Waals surface area contributed by atoms with Crippen LogP contribution in [0, 0.1) is 5.95 Å². The van der Waals surface area contributed by atoms with E-state index in [4.69, 9.17) is 4.74 Å². The summed E-state index contributed by atoms with van der Waals surface area (Å²) in [7, 11) is 0. The summed E-state index contributed by atoms with van der Waals surface area (Å²) in [6.45, 7) is 6.28. The Kier molecular flexibility index (Phi) is 5.16. The number of carbonyl (C=O) groups is 2. The van der Waals surface area contributed by atoms with Crippen molar-refractivity contribution in [1.82, 2.24) is 20.2 Å². The van der Waals surface area contributed by atoms with Crippen LogP contribution in [-0.4, -0.2) is 40.2 Å². The highest BCUT2D eigenvalue weighted by atomic mass is 19.1. The van der Waals surface area contributed by atoms with Gasteiger partial charge in [-0.15, -0.1) is 0 Å². The highest BCUT2D eigenvalue weighted by Gasteiger charge is 2.26. The van der Waals surface area contributed by atoms with Crippen molar-refractivity contribution in [2.24, 2.45) is 0 Å². The average molecular weight is 374 g/mol. The molecule has 0 aromatic carbocycles. The van der Waals surface area contributed by atoms with Crippen LogP contribution < -0.4 is 10.6 Å². The molecule has 2 aromatic heterocycles. The molecular weight excluding hydrogens is 351 g/mol. The SMILES string of the molecule is CC(C)(C)OC(=O)NCCC1CNC(=O)c2cc(-c3ccnc(F)c3)cn21. The van der Waals surface area contributed by atoms with E-state index in [-0.39, 0.29) is 11.9 Å². The molecule has 0 saturated heterocycles. The molecule has 1 unspecified atom stereocenters. The fourth-order valence-electron chi connectivity index (χ4n) is 3.00. The Labute approximate surface area is 156 Å². The van der Waals surface area contributed by atoms with Gasteiger partial charge >= 0.3 is 6.09 Å². The van der Waals surface area contributed by atoms with Crippen molar-refractivity contribution in [3.8, 4) is 11.1 Å². The third kappa shape index (κ3) is 4.64. The number of nitrogens with zero attached hydrogens (tertiary/aromatic N) is 2. The summed E-state index contributed by atoms with van der Waals surface area (Å²) in [5, 5.41) is 5.58. The van der Waals surface area contributed by atoms with E-state index in [1.807, 2.05) is 10.8 Å². The number of hydrogen-bond acceptors (Lipinski definition) is 4. The number of nitrogens with one attached hydrogen (secondary N) is 2. The minimum Gasteiger partial charge on any atom is -0.444 e. The molecule has 2 amide bonds. The maximum atomic E-state index is 13.4. The molecule has 2 aromatic rings. The first-order chi connectivity index (χ1) is 12.7. The van der Waals surface area contributed by atoms with Gasteiger partial charge in [0, 0.05) is 37.1 Å². The van der Waals surface area contributed by atoms with E-state index in [1.165, 1.54) is 12.3 Å². The Morgan fingerprint density at radius 3 is 2.89 bits per heavy atom. The summed E-state index contributed by atoms with van der Waals surface area (Å²) in [6, 6.07) is 4.74. The zero-order valence-corrected chi connectivity index (χ0v) is 15.6. The van der Waals surface area contributed by atoms with E-state index < -0.39 is 17.6 Å². The summed E-state index contributed by atoms with van der Waals surface area (Å²) in [5.74, 6) is -0.744. The second-order valence-electron chi connectivity index (χ2n) is 7.47. The number of alkyl carbamates (subject to hydrolysis) is 1. The van der Waals surface area contributed by atoms with Gasteiger partial charge in [-0.2, -0.15) is 4.39 Å². The van der Waals surface area contributed by atoms with Gasteiger partial charge in [-0.1, -0.05) is 0 Å². The molecule has 3 rings (SSSR count). The molecule has 144 valence electrons. The molecule has 0 bridgehead atoms. The number of amides is 2. The zero-order chi connectivity index (χ0) is 19.6. The zero-order valence-electron chi connectivity index (χ0n) is 15.6. The minimum atomic E-state index is -0.570. The van der Waals surface area contributed by atoms with E-state index in [1.54, 1.807) is 32.9 Å². The maximum absolute atomic E-state index is 13.4. The Bertz CT molecular complexity index is 857. The summed E-state index contributed by atoms with van der Waals surface area (Å²) in [4.78, 5) is 27.5. The molecule has 0 radical (unpaired) electrons. The van der Waals surface area contributed by atoms with Crippen LogP contribution in [0.2, 0.25) is 0 Å². The number of aromatic nitrogens is 2.